The summed E-state index contributed by atoms with van der Waals surface area (Å²) in [6.45, 7) is 10.7. The summed E-state index contributed by atoms with van der Waals surface area (Å²) in [5.41, 5.74) is -6.27. The Kier molecular flexibility index (Phi) is 9.07. The summed E-state index contributed by atoms with van der Waals surface area (Å²) in [7, 11) is 0. The van der Waals surface area contributed by atoms with Crippen LogP contribution in [-0.2, 0) is 34.5 Å². The average molecular weight is 734 g/mol. The SMILES string of the molecule is C=C(C)[C@@]1(O)[C@@H]2OC3(c4ccccc4)O[C@H]1[C@@H](C)[C@]1(O3)C3=CC(=C(Cl)Cl)[C@H](OC(=O)/C(C)=C/CCCCCCC)[C@@]3(O)[C@H](O)[C@@]3(CO)O[C@H]3[C@@H]21. The number of halogens is 2. The topological polar surface area (TPSA) is 147 Å². The van der Waals surface area contributed by atoms with Crippen molar-refractivity contribution < 1.29 is 48.9 Å². The van der Waals surface area contributed by atoms with Gasteiger partial charge in [0.25, 0.3) is 0 Å². The lowest BCUT2D eigenvalue weighted by atomic mass is 9.53. The molecule has 12 heteroatoms. The van der Waals surface area contributed by atoms with Gasteiger partial charge in [-0.3, -0.25) is 0 Å². The number of hydrogen-bond acceptors (Lipinski definition) is 10. The third kappa shape index (κ3) is 4.73. The summed E-state index contributed by atoms with van der Waals surface area (Å²) >= 11 is 13.0. The maximum Gasteiger partial charge on any atom is 0.334 e. The number of rotatable bonds is 11. The van der Waals surface area contributed by atoms with Gasteiger partial charge in [0, 0.05) is 28.2 Å². The minimum absolute atomic E-state index is 0.0360. The van der Waals surface area contributed by atoms with Gasteiger partial charge < -0.3 is 44.1 Å². The molecule has 1 spiro atoms. The molecule has 1 aromatic rings. The predicted octanol–water partition coefficient (Wildman–Crippen LogP) is 5.01. The molecule has 7 aliphatic rings. The molecule has 0 amide bonds. The number of fused-ring (bicyclic) bond motifs is 2. The van der Waals surface area contributed by atoms with Gasteiger partial charge in [0.2, 0.25) is 0 Å². The molecule has 6 fully saturated rings. The molecule has 1 aromatic carbocycles. The number of carbonyl (C=O) groups is 1. The van der Waals surface area contributed by atoms with Crippen LogP contribution in [0.25, 0.3) is 0 Å². The molecule has 10 nitrogen and oxygen atoms in total. The van der Waals surface area contributed by atoms with Crippen LogP contribution < -0.4 is 0 Å². The van der Waals surface area contributed by atoms with E-state index >= 15 is 0 Å². The van der Waals surface area contributed by atoms with Gasteiger partial charge >= 0.3 is 11.9 Å². The minimum atomic E-state index is -2.47. The summed E-state index contributed by atoms with van der Waals surface area (Å²) < 4.78 is 32.2. The van der Waals surface area contributed by atoms with Gasteiger partial charge in [-0.25, -0.2) is 4.79 Å². The smallest absolute Gasteiger partial charge is 0.334 e. The lowest BCUT2D eigenvalue weighted by molar-refractivity contribution is -0.571. The molecule has 4 N–H and O–H groups in total. The van der Waals surface area contributed by atoms with Gasteiger partial charge in [0.15, 0.2) is 11.7 Å². The number of esters is 1. The molecule has 1 unspecified atom stereocenters. The number of benzene rings is 1. The van der Waals surface area contributed by atoms with Gasteiger partial charge in [0.05, 0.1) is 12.5 Å². The van der Waals surface area contributed by atoms with Crippen LogP contribution in [0.3, 0.4) is 0 Å². The van der Waals surface area contributed by atoms with E-state index in [2.05, 4.69) is 13.5 Å². The second-order valence-corrected chi connectivity index (χ2v) is 15.8. The third-order valence-electron chi connectivity index (χ3n) is 12.1. The average Bonchev–Trinajstić information content (AvgIpc) is 3.76. The minimum Gasteiger partial charge on any atom is -0.450 e. The fraction of sp³-hybridized carbons (Fsp3) is 0.605. The Morgan fingerprint density at radius 3 is 2.34 bits per heavy atom. The van der Waals surface area contributed by atoms with Crippen LogP contribution in [0, 0.1) is 11.8 Å². The maximum atomic E-state index is 13.7. The number of allylic oxidation sites excluding steroid dienone is 1. The monoisotopic (exact) mass is 732 g/mol. The lowest BCUT2D eigenvalue weighted by Gasteiger charge is -2.71. The molecule has 0 radical (unpaired) electrons. The van der Waals surface area contributed by atoms with E-state index in [-0.39, 0.29) is 15.6 Å². The van der Waals surface area contributed by atoms with E-state index in [1.165, 1.54) is 6.08 Å². The molecular formula is C38H46Cl2O10. The molecule has 8 rings (SSSR count). The normalized spacial score (nSPS) is 43.8. The predicted molar refractivity (Wildman–Crippen MR) is 184 cm³/mol. The van der Waals surface area contributed by atoms with Crippen LogP contribution in [0.1, 0.15) is 71.8 Å². The summed E-state index contributed by atoms with van der Waals surface area (Å²) in [5.74, 6) is -4.29. The fourth-order valence-corrected chi connectivity index (χ4v) is 9.70. The Hall–Kier alpha value is -2.09. The lowest BCUT2D eigenvalue weighted by Crippen LogP contribution is -2.84. The van der Waals surface area contributed by atoms with Crippen molar-refractivity contribution in [1.82, 2.24) is 0 Å². The van der Waals surface area contributed by atoms with Gasteiger partial charge in [-0.1, -0.05) is 106 Å². The molecule has 4 bridgehead atoms. The van der Waals surface area contributed by atoms with Gasteiger partial charge in [-0.05, 0) is 38.3 Å². The molecule has 2 saturated carbocycles. The highest BCUT2D eigenvalue weighted by Crippen LogP contribution is 2.73. The zero-order valence-corrected chi connectivity index (χ0v) is 30.2. The van der Waals surface area contributed by atoms with Gasteiger partial charge in [0.1, 0.15) is 45.7 Å². The first kappa shape index (κ1) is 36.3. The molecule has 50 heavy (non-hydrogen) atoms. The second-order valence-electron chi connectivity index (χ2n) is 14.8. The number of hydrogen-bond donors (Lipinski definition) is 4. The third-order valence-corrected chi connectivity index (χ3v) is 12.5. The van der Waals surface area contributed by atoms with E-state index in [0.29, 0.717) is 23.1 Å². The summed E-state index contributed by atoms with van der Waals surface area (Å²) in [5, 5.41) is 48.8. The van der Waals surface area contributed by atoms with E-state index in [1.54, 1.807) is 44.2 Å². The van der Waals surface area contributed by atoms with Crippen LogP contribution in [0.2, 0.25) is 0 Å². The Balaban J connectivity index is 1.37. The quantitative estimate of drug-likeness (QED) is 0.0806. The number of unbranched alkanes of at least 4 members (excludes halogenated alkanes) is 5. The number of aliphatic hydroxyl groups excluding tert-OH is 2. The molecule has 12 atom stereocenters. The highest BCUT2D eigenvalue weighted by atomic mass is 35.5. The van der Waals surface area contributed by atoms with Gasteiger partial charge in [-0.2, -0.15) is 0 Å². The van der Waals surface area contributed by atoms with Crippen LogP contribution in [0.15, 0.2) is 75.8 Å². The highest BCUT2D eigenvalue weighted by Gasteiger charge is 2.89. The van der Waals surface area contributed by atoms with Crippen LogP contribution >= 0.6 is 23.2 Å². The first-order valence-corrected chi connectivity index (χ1v) is 18.3. The number of ether oxygens (including phenoxy) is 5. The first-order valence-electron chi connectivity index (χ1n) is 17.5. The molecule has 4 heterocycles. The fourth-order valence-electron chi connectivity index (χ4n) is 9.39. The summed E-state index contributed by atoms with van der Waals surface area (Å²) in [4.78, 5) is 13.7. The van der Waals surface area contributed by atoms with Crippen molar-refractivity contribution in [3.05, 3.63) is 81.4 Å². The Morgan fingerprint density at radius 2 is 1.70 bits per heavy atom. The molecular weight excluding hydrogens is 687 g/mol. The van der Waals surface area contributed by atoms with Crippen LogP contribution in [0.4, 0.5) is 0 Å². The maximum absolute atomic E-state index is 13.7. The van der Waals surface area contributed by atoms with Crippen molar-refractivity contribution in [3.8, 4) is 0 Å². The molecule has 4 aliphatic heterocycles. The van der Waals surface area contributed by atoms with Crippen LogP contribution in [-0.4, -0.2) is 85.9 Å². The van der Waals surface area contributed by atoms with E-state index in [1.807, 2.05) is 13.0 Å². The standard InChI is InChI=1S/C38H46Cl2O10/c1-6-7-8-9-10-12-15-21(4)32(42)46-28-24(31(39)40)18-25-36(28,45)33(43)34(19-41)29(47-34)26-30-35(44,20(2)3)27-22(5)37(25,26)50-38(48-27,49-30)23-16-13-11-14-17-23/h11,13-18,22,26-30,33,41,43-45H,2,6-10,12,19H2,1,3-5H3/b21-15+/t22-,26+,27+,28+,29+,30-,33-,34+,35+,36-,37+,38?/m1/s1. The number of carbonyl (C=O) groups excluding carboxylic acids is 1. The largest absolute Gasteiger partial charge is 0.450 e. The van der Waals surface area contributed by atoms with E-state index in [9.17, 15) is 25.2 Å². The Bertz CT molecular complexity index is 1660. The molecule has 0 aromatic heterocycles. The van der Waals surface area contributed by atoms with Crippen molar-refractivity contribution in [2.75, 3.05) is 6.61 Å². The molecule has 4 saturated heterocycles. The Labute approximate surface area is 302 Å². The summed E-state index contributed by atoms with van der Waals surface area (Å²) in [6, 6.07) is 8.94. The first-order chi connectivity index (χ1) is 23.7. The van der Waals surface area contributed by atoms with Crippen molar-refractivity contribution in [1.29, 1.82) is 0 Å². The van der Waals surface area contributed by atoms with Crippen molar-refractivity contribution in [2.24, 2.45) is 11.8 Å². The number of epoxide rings is 1. The molecule has 272 valence electrons. The summed E-state index contributed by atoms with van der Waals surface area (Å²) in [6.07, 6.45) is 2.74. The van der Waals surface area contributed by atoms with Gasteiger partial charge in [-0.15, -0.1) is 0 Å². The number of aliphatic hydroxyl groups is 4. The van der Waals surface area contributed by atoms with E-state index < -0.39 is 83.3 Å². The zero-order chi connectivity index (χ0) is 36.0. The van der Waals surface area contributed by atoms with Crippen LogP contribution in [0.5, 0.6) is 0 Å². The van der Waals surface area contributed by atoms with E-state index in [0.717, 1.165) is 32.1 Å². The zero-order valence-electron chi connectivity index (χ0n) is 28.7. The highest BCUT2D eigenvalue weighted by molar-refractivity contribution is 6.56. The van der Waals surface area contributed by atoms with Crippen molar-refractivity contribution in [3.63, 3.8) is 0 Å². The second kappa shape index (κ2) is 12.5. The van der Waals surface area contributed by atoms with E-state index in [4.69, 9.17) is 46.9 Å². The van der Waals surface area contributed by atoms with Crippen molar-refractivity contribution in [2.45, 2.75) is 125 Å². The molecule has 3 aliphatic carbocycles. The Morgan fingerprint density at radius 1 is 1.02 bits per heavy atom. The van der Waals surface area contributed by atoms with Crippen molar-refractivity contribution >= 4 is 29.2 Å².